The minimum absolute atomic E-state index is 0.0889. The zero-order valence-corrected chi connectivity index (χ0v) is 22.4. The van der Waals surface area contributed by atoms with Gasteiger partial charge in [-0.05, 0) is 124 Å². The van der Waals surface area contributed by atoms with Crippen molar-refractivity contribution >= 4 is 0 Å². The lowest BCUT2D eigenvalue weighted by atomic mass is 9.76. The number of halogens is 1. The molecule has 0 saturated heterocycles. The number of nitroso groups, excluding NO2 is 1. The fraction of sp³-hybridized carbons (Fsp3) is 0.469. The third-order valence-corrected chi connectivity index (χ3v) is 8.93. The second-order valence-electron chi connectivity index (χ2n) is 11.9. The fourth-order valence-electron chi connectivity index (χ4n) is 6.40. The normalized spacial score (nSPS) is 23.9. The first-order chi connectivity index (χ1) is 18.3. The van der Waals surface area contributed by atoms with E-state index < -0.39 is 5.54 Å². The zero-order valence-electron chi connectivity index (χ0n) is 22.4. The van der Waals surface area contributed by atoms with Crippen LogP contribution in [0.2, 0.25) is 0 Å². The van der Waals surface area contributed by atoms with Crippen LogP contribution < -0.4 is 9.47 Å². The Balaban J connectivity index is 1.10. The van der Waals surface area contributed by atoms with Gasteiger partial charge >= 0.3 is 0 Å². The van der Waals surface area contributed by atoms with Crippen LogP contribution in [0.3, 0.4) is 0 Å². The second-order valence-corrected chi connectivity index (χ2v) is 11.9. The Labute approximate surface area is 223 Å². The van der Waals surface area contributed by atoms with Crippen molar-refractivity contribution < 1.29 is 13.9 Å². The average molecular weight is 515 g/mol. The standard InChI is InChI=1S/C32H35FN2O3/c1-19-27(11-13-31(34-19)38-25-7-5-24(6-8-25)32(2,3)35-36)20-4-12-30(33)23(14-20)18-37-26-9-10-28-21(16-26)15-22-17-29(22)28/h4,9-14,16,22,24-25,29H,5-8,15,17-18H2,1-3H3/t22-,24?,25?,29+/m0/s1. The largest absolute Gasteiger partial charge is 0.489 e. The molecule has 1 heterocycles. The van der Waals surface area contributed by atoms with Gasteiger partial charge < -0.3 is 9.47 Å². The molecule has 0 spiro atoms. The first-order valence-electron chi connectivity index (χ1n) is 13.8. The third kappa shape index (κ3) is 4.93. The van der Waals surface area contributed by atoms with E-state index in [0.717, 1.165) is 66.5 Å². The number of fused-ring (bicyclic) bond motifs is 3. The van der Waals surface area contributed by atoms with E-state index in [0.29, 0.717) is 17.4 Å². The smallest absolute Gasteiger partial charge is 0.213 e. The van der Waals surface area contributed by atoms with Gasteiger partial charge in [-0.1, -0.05) is 17.3 Å². The predicted molar refractivity (Wildman–Crippen MR) is 146 cm³/mol. The van der Waals surface area contributed by atoms with Crippen molar-refractivity contribution in [2.24, 2.45) is 17.0 Å². The molecule has 3 aliphatic rings. The van der Waals surface area contributed by atoms with Gasteiger partial charge in [0.25, 0.3) is 0 Å². The summed E-state index contributed by atoms with van der Waals surface area (Å²) in [7, 11) is 0. The summed E-state index contributed by atoms with van der Waals surface area (Å²) in [6, 6.07) is 15.3. The van der Waals surface area contributed by atoms with E-state index in [-0.39, 0.29) is 18.5 Å². The molecular formula is C32H35FN2O3. The predicted octanol–water partition coefficient (Wildman–Crippen LogP) is 7.92. The Morgan fingerprint density at radius 1 is 1.05 bits per heavy atom. The molecule has 0 radical (unpaired) electrons. The van der Waals surface area contributed by atoms with Crippen LogP contribution in [-0.4, -0.2) is 16.6 Å². The first kappa shape index (κ1) is 25.0. The number of rotatable bonds is 8. The average Bonchev–Trinajstić information content (AvgIpc) is 3.59. The van der Waals surface area contributed by atoms with Crippen molar-refractivity contribution in [1.29, 1.82) is 0 Å². The van der Waals surface area contributed by atoms with Gasteiger partial charge in [0.2, 0.25) is 5.88 Å². The van der Waals surface area contributed by atoms with Crippen molar-refractivity contribution in [3.8, 4) is 22.8 Å². The van der Waals surface area contributed by atoms with Crippen LogP contribution in [0.25, 0.3) is 11.1 Å². The maximum atomic E-state index is 14.7. The molecule has 0 amide bonds. The summed E-state index contributed by atoms with van der Waals surface area (Å²) in [6.07, 6.45) is 6.18. The van der Waals surface area contributed by atoms with Gasteiger partial charge in [0.1, 0.15) is 24.3 Å². The summed E-state index contributed by atoms with van der Waals surface area (Å²) in [5.41, 5.74) is 5.53. The molecule has 6 rings (SSSR count). The highest BCUT2D eigenvalue weighted by molar-refractivity contribution is 5.67. The van der Waals surface area contributed by atoms with Crippen molar-refractivity contribution in [3.05, 3.63) is 81.6 Å². The molecule has 5 nitrogen and oxygen atoms in total. The third-order valence-electron chi connectivity index (χ3n) is 8.93. The van der Waals surface area contributed by atoms with E-state index in [4.69, 9.17) is 14.5 Å². The van der Waals surface area contributed by atoms with Crippen molar-refractivity contribution in [2.45, 2.75) is 83.5 Å². The summed E-state index contributed by atoms with van der Waals surface area (Å²) in [4.78, 5) is 15.9. The lowest BCUT2D eigenvalue weighted by molar-refractivity contribution is 0.104. The molecule has 6 heteroatoms. The van der Waals surface area contributed by atoms with Gasteiger partial charge in [-0.3, -0.25) is 0 Å². The summed E-state index contributed by atoms with van der Waals surface area (Å²) in [5, 5.41) is 3.32. The number of hydrogen-bond donors (Lipinski definition) is 0. The van der Waals surface area contributed by atoms with Crippen molar-refractivity contribution in [2.75, 3.05) is 0 Å². The molecule has 1 aromatic heterocycles. The lowest BCUT2D eigenvalue weighted by Gasteiger charge is -2.34. The highest BCUT2D eigenvalue weighted by Crippen LogP contribution is 2.56. The van der Waals surface area contributed by atoms with Crippen molar-refractivity contribution in [3.63, 3.8) is 0 Å². The summed E-state index contributed by atoms with van der Waals surface area (Å²) in [6.45, 7) is 5.96. The molecule has 0 bridgehead atoms. The summed E-state index contributed by atoms with van der Waals surface area (Å²) < 4.78 is 26.9. The van der Waals surface area contributed by atoms with Crippen LogP contribution in [0.4, 0.5) is 4.39 Å². The molecule has 0 N–H and O–H groups in total. The molecule has 0 aliphatic heterocycles. The molecule has 38 heavy (non-hydrogen) atoms. The Hall–Kier alpha value is -3.28. The lowest BCUT2D eigenvalue weighted by Crippen LogP contribution is -2.35. The number of benzene rings is 2. The number of aryl methyl sites for hydroxylation is 1. The van der Waals surface area contributed by atoms with Crippen LogP contribution in [-0.2, 0) is 13.0 Å². The maximum absolute atomic E-state index is 14.7. The fourth-order valence-corrected chi connectivity index (χ4v) is 6.40. The van der Waals surface area contributed by atoms with E-state index in [2.05, 4.69) is 17.3 Å². The first-order valence-corrected chi connectivity index (χ1v) is 13.8. The van der Waals surface area contributed by atoms with Gasteiger partial charge in [-0.2, -0.15) is 4.91 Å². The highest BCUT2D eigenvalue weighted by Gasteiger charge is 2.44. The number of aromatic nitrogens is 1. The molecule has 2 fully saturated rings. The molecule has 198 valence electrons. The molecule has 0 unspecified atom stereocenters. The van der Waals surface area contributed by atoms with E-state index in [1.165, 1.54) is 23.6 Å². The Kier molecular flexibility index (Phi) is 6.45. The second kappa shape index (κ2) is 9.79. The molecule has 3 aliphatic carbocycles. The Morgan fingerprint density at radius 3 is 2.63 bits per heavy atom. The quantitative estimate of drug-likeness (QED) is 0.287. The SMILES string of the molecule is Cc1nc(OC2CCC(C(C)(C)N=O)CC2)ccc1-c1ccc(F)c(COc2ccc3c(c2)C[C@H]2C[C@@H]32)c1. The zero-order chi connectivity index (χ0) is 26.4. The minimum Gasteiger partial charge on any atom is -0.489 e. The topological polar surface area (TPSA) is 60.8 Å². The van der Waals surface area contributed by atoms with Crippen LogP contribution >= 0.6 is 0 Å². The number of pyridine rings is 1. The molecule has 2 aromatic carbocycles. The number of nitrogens with zero attached hydrogens (tertiary/aromatic N) is 2. The van der Waals surface area contributed by atoms with Gasteiger partial charge in [0.15, 0.2) is 0 Å². The van der Waals surface area contributed by atoms with E-state index in [1.54, 1.807) is 6.07 Å². The monoisotopic (exact) mass is 514 g/mol. The van der Waals surface area contributed by atoms with Crippen LogP contribution in [0.1, 0.15) is 74.3 Å². The van der Waals surface area contributed by atoms with Gasteiger partial charge in [-0.25, -0.2) is 9.37 Å². The van der Waals surface area contributed by atoms with Crippen LogP contribution in [0, 0.1) is 29.5 Å². The molecule has 2 atom stereocenters. The van der Waals surface area contributed by atoms with Gasteiger partial charge in [-0.15, -0.1) is 0 Å². The van der Waals surface area contributed by atoms with Crippen molar-refractivity contribution in [1.82, 2.24) is 4.98 Å². The van der Waals surface area contributed by atoms with Gasteiger partial charge in [0.05, 0.1) is 5.54 Å². The van der Waals surface area contributed by atoms with E-state index in [1.807, 2.05) is 45.0 Å². The van der Waals surface area contributed by atoms with Crippen LogP contribution in [0.15, 0.2) is 53.7 Å². The van der Waals surface area contributed by atoms with Crippen LogP contribution in [0.5, 0.6) is 11.6 Å². The van der Waals surface area contributed by atoms with E-state index in [9.17, 15) is 9.30 Å². The molecular weight excluding hydrogens is 479 g/mol. The molecule has 2 saturated carbocycles. The minimum atomic E-state index is -0.526. The number of ether oxygens (including phenoxy) is 2. The Morgan fingerprint density at radius 2 is 1.87 bits per heavy atom. The highest BCUT2D eigenvalue weighted by atomic mass is 19.1. The number of hydrogen-bond acceptors (Lipinski definition) is 5. The van der Waals surface area contributed by atoms with Gasteiger partial charge in [0, 0.05) is 22.9 Å². The maximum Gasteiger partial charge on any atom is 0.213 e. The van der Waals surface area contributed by atoms with E-state index >= 15 is 0 Å². The summed E-state index contributed by atoms with van der Waals surface area (Å²) in [5.74, 6) is 3.01. The Bertz CT molecular complexity index is 1360. The summed E-state index contributed by atoms with van der Waals surface area (Å²) >= 11 is 0. The molecule has 3 aromatic rings.